The maximum absolute atomic E-state index is 5.94. The minimum absolute atomic E-state index is 0.502. The van der Waals surface area contributed by atoms with E-state index in [1.165, 1.54) is 0 Å². The second-order valence-corrected chi connectivity index (χ2v) is 6.88. The number of likely N-dealkylation sites (N-methyl/N-ethyl adjacent to an activating group) is 1. The van der Waals surface area contributed by atoms with E-state index in [0.29, 0.717) is 37.2 Å². The van der Waals surface area contributed by atoms with Crippen molar-refractivity contribution in [1.82, 2.24) is 10.2 Å². The number of hydrogen-bond donors (Lipinski definition) is 2. The molecular formula is C23H34N4O3. The quantitative estimate of drug-likeness (QED) is 0.433. The predicted octanol–water partition coefficient (Wildman–Crippen LogP) is 3.61. The molecule has 7 heteroatoms. The van der Waals surface area contributed by atoms with E-state index in [1.807, 2.05) is 70.4 Å². The van der Waals surface area contributed by atoms with Crippen LogP contribution in [0.15, 0.2) is 47.5 Å². The average molecular weight is 415 g/mol. The van der Waals surface area contributed by atoms with E-state index in [2.05, 4.69) is 15.5 Å². The summed E-state index contributed by atoms with van der Waals surface area (Å²) < 4.78 is 17.0. The van der Waals surface area contributed by atoms with Crippen LogP contribution < -0.4 is 24.8 Å². The summed E-state index contributed by atoms with van der Waals surface area (Å²) in [5.41, 5.74) is 1.91. The van der Waals surface area contributed by atoms with Gasteiger partial charge in [-0.15, -0.1) is 0 Å². The number of hydrogen-bond acceptors (Lipinski definition) is 5. The smallest absolute Gasteiger partial charge is 0.196 e. The Morgan fingerprint density at radius 3 is 2.50 bits per heavy atom. The Balaban J connectivity index is 2.12. The van der Waals surface area contributed by atoms with Crippen molar-refractivity contribution in [1.29, 1.82) is 0 Å². The molecule has 2 N–H and O–H groups in total. The largest absolute Gasteiger partial charge is 0.493 e. The van der Waals surface area contributed by atoms with Crippen LogP contribution in [0.2, 0.25) is 0 Å². The Labute approximate surface area is 180 Å². The summed E-state index contributed by atoms with van der Waals surface area (Å²) in [6.45, 7) is 7.31. The van der Waals surface area contributed by atoms with Crippen molar-refractivity contribution in [2.24, 2.45) is 4.99 Å². The maximum Gasteiger partial charge on any atom is 0.196 e. The monoisotopic (exact) mass is 414 g/mol. The lowest BCUT2D eigenvalue weighted by atomic mass is 10.2. The van der Waals surface area contributed by atoms with Crippen LogP contribution in [0.5, 0.6) is 17.2 Å². The number of nitrogens with one attached hydrogen (secondary N) is 2. The molecule has 0 saturated heterocycles. The average Bonchev–Trinajstić information content (AvgIpc) is 2.73. The van der Waals surface area contributed by atoms with E-state index in [9.17, 15) is 0 Å². The molecular weight excluding hydrogens is 380 g/mol. The molecule has 0 aromatic heterocycles. The Morgan fingerprint density at radius 1 is 1.00 bits per heavy atom. The van der Waals surface area contributed by atoms with Gasteiger partial charge in [0, 0.05) is 30.4 Å². The molecule has 0 heterocycles. The van der Waals surface area contributed by atoms with Crippen LogP contribution in [0.1, 0.15) is 19.4 Å². The predicted molar refractivity (Wildman–Crippen MR) is 123 cm³/mol. The lowest BCUT2D eigenvalue weighted by Crippen LogP contribution is -2.30. The van der Waals surface area contributed by atoms with E-state index in [0.717, 1.165) is 30.1 Å². The number of ether oxygens (including phenoxy) is 3. The van der Waals surface area contributed by atoms with Crippen molar-refractivity contribution in [3.63, 3.8) is 0 Å². The molecule has 30 heavy (non-hydrogen) atoms. The SMILES string of the molecule is CCNC(=NCc1ccccc1OCCN(C)C)Nc1ccc(OC)c(OCC)c1. The molecule has 0 saturated carbocycles. The number of para-hydroxylation sites is 1. The summed E-state index contributed by atoms with van der Waals surface area (Å²) in [6, 6.07) is 13.7. The van der Waals surface area contributed by atoms with Gasteiger partial charge in [-0.2, -0.15) is 0 Å². The molecule has 0 amide bonds. The molecule has 0 spiro atoms. The summed E-state index contributed by atoms with van der Waals surface area (Å²) >= 11 is 0. The number of methoxy groups -OCH3 is 1. The highest BCUT2D eigenvalue weighted by Crippen LogP contribution is 2.30. The van der Waals surface area contributed by atoms with Crippen molar-refractivity contribution in [2.45, 2.75) is 20.4 Å². The lowest BCUT2D eigenvalue weighted by Gasteiger charge is -2.15. The molecule has 0 bridgehead atoms. The Hall–Kier alpha value is -2.93. The van der Waals surface area contributed by atoms with Crippen LogP contribution in [0.3, 0.4) is 0 Å². The summed E-state index contributed by atoms with van der Waals surface area (Å²) in [4.78, 5) is 6.83. The van der Waals surface area contributed by atoms with Gasteiger partial charge in [-0.1, -0.05) is 18.2 Å². The van der Waals surface area contributed by atoms with Crippen LogP contribution in [0, 0.1) is 0 Å². The van der Waals surface area contributed by atoms with Crippen LogP contribution in [0.25, 0.3) is 0 Å². The number of benzene rings is 2. The van der Waals surface area contributed by atoms with E-state index in [4.69, 9.17) is 19.2 Å². The highest BCUT2D eigenvalue weighted by molar-refractivity contribution is 5.93. The summed E-state index contributed by atoms with van der Waals surface area (Å²) in [7, 11) is 5.70. The first-order valence-corrected chi connectivity index (χ1v) is 10.3. The molecule has 0 radical (unpaired) electrons. The lowest BCUT2D eigenvalue weighted by molar-refractivity contribution is 0.259. The van der Waals surface area contributed by atoms with Crippen LogP contribution in [-0.2, 0) is 6.54 Å². The molecule has 2 aromatic carbocycles. The zero-order valence-corrected chi connectivity index (χ0v) is 18.7. The van der Waals surface area contributed by atoms with Crippen LogP contribution in [0.4, 0.5) is 5.69 Å². The molecule has 0 atom stereocenters. The summed E-state index contributed by atoms with van der Waals surface area (Å²) in [6.07, 6.45) is 0. The second kappa shape index (κ2) is 12.6. The van der Waals surface area contributed by atoms with Gasteiger partial charge in [0.1, 0.15) is 12.4 Å². The molecule has 0 unspecified atom stereocenters. The van der Waals surface area contributed by atoms with Crippen LogP contribution >= 0.6 is 0 Å². The zero-order chi connectivity index (χ0) is 21.8. The standard InChI is InChI=1S/C23H34N4O3/c1-6-24-23(26-19-12-13-21(28-5)22(16-19)29-7-2)25-17-18-10-8-9-11-20(18)30-15-14-27(3)4/h8-13,16H,6-7,14-15,17H2,1-5H3,(H2,24,25,26). The van der Waals surface area contributed by atoms with Crippen molar-refractivity contribution in [2.75, 3.05) is 52.8 Å². The molecule has 0 aliphatic carbocycles. The fourth-order valence-electron chi connectivity index (χ4n) is 2.74. The molecule has 0 aliphatic rings. The summed E-state index contributed by atoms with van der Waals surface area (Å²) in [5, 5.41) is 6.61. The normalized spacial score (nSPS) is 11.3. The van der Waals surface area contributed by atoms with Gasteiger partial charge in [0.05, 0.1) is 20.3 Å². The first kappa shape index (κ1) is 23.3. The van der Waals surface area contributed by atoms with Gasteiger partial charge in [-0.25, -0.2) is 4.99 Å². The second-order valence-electron chi connectivity index (χ2n) is 6.88. The number of anilines is 1. The van der Waals surface area contributed by atoms with Gasteiger partial charge < -0.3 is 29.7 Å². The minimum atomic E-state index is 0.502. The number of guanidine groups is 1. The fourth-order valence-corrected chi connectivity index (χ4v) is 2.74. The molecule has 2 rings (SSSR count). The van der Waals surface area contributed by atoms with Gasteiger partial charge in [-0.05, 0) is 46.1 Å². The fraction of sp³-hybridized carbons (Fsp3) is 0.435. The van der Waals surface area contributed by atoms with Gasteiger partial charge in [0.25, 0.3) is 0 Å². The Kier molecular flexibility index (Phi) is 9.80. The Bertz CT molecular complexity index is 809. The minimum Gasteiger partial charge on any atom is -0.493 e. The number of aliphatic imine (C=N–C) groups is 1. The Morgan fingerprint density at radius 2 is 1.80 bits per heavy atom. The van der Waals surface area contributed by atoms with Crippen molar-refractivity contribution in [3.05, 3.63) is 48.0 Å². The third kappa shape index (κ3) is 7.48. The number of nitrogens with zero attached hydrogens (tertiary/aromatic N) is 2. The van der Waals surface area contributed by atoms with Gasteiger partial charge >= 0.3 is 0 Å². The van der Waals surface area contributed by atoms with Crippen molar-refractivity contribution in [3.8, 4) is 17.2 Å². The number of rotatable bonds is 11. The molecule has 7 nitrogen and oxygen atoms in total. The van der Waals surface area contributed by atoms with Gasteiger partial charge in [-0.3, -0.25) is 0 Å². The third-order valence-corrected chi connectivity index (χ3v) is 4.25. The van der Waals surface area contributed by atoms with Crippen molar-refractivity contribution < 1.29 is 14.2 Å². The molecule has 0 aliphatic heterocycles. The molecule has 164 valence electrons. The first-order chi connectivity index (χ1) is 14.6. The van der Waals surface area contributed by atoms with E-state index in [-0.39, 0.29) is 0 Å². The topological polar surface area (TPSA) is 67.4 Å². The summed E-state index contributed by atoms with van der Waals surface area (Å²) in [5.74, 6) is 2.95. The third-order valence-electron chi connectivity index (χ3n) is 4.25. The van der Waals surface area contributed by atoms with E-state index < -0.39 is 0 Å². The van der Waals surface area contributed by atoms with Gasteiger partial charge in [0.15, 0.2) is 17.5 Å². The zero-order valence-electron chi connectivity index (χ0n) is 18.7. The first-order valence-electron chi connectivity index (χ1n) is 10.3. The van der Waals surface area contributed by atoms with E-state index in [1.54, 1.807) is 7.11 Å². The van der Waals surface area contributed by atoms with E-state index >= 15 is 0 Å². The van der Waals surface area contributed by atoms with Gasteiger partial charge in [0.2, 0.25) is 0 Å². The highest BCUT2D eigenvalue weighted by atomic mass is 16.5. The molecule has 2 aromatic rings. The van der Waals surface area contributed by atoms with Crippen LogP contribution in [-0.4, -0.2) is 58.4 Å². The highest BCUT2D eigenvalue weighted by Gasteiger charge is 2.08. The maximum atomic E-state index is 5.94. The molecule has 0 fully saturated rings. The van der Waals surface area contributed by atoms with Crippen molar-refractivity contribution >= 4 is 11.6 Å².